The van der Waals surface area contributed by atoms with Gasteiger partial charge in [0.2, 0.25) is 17.7 Å². The molecule has 6 N–H and O–H groups in total. The maximum atomic E-state index is 14.3. The van der Waals surface area contributed by atoms with Gasteiger partial charge in [0.1, 0.15) is 35.1 Å². The van der Waals surface area contributed by atoms with Crippen LogP contribution in [0.3, 0.4) is 0 Å². The summed E-state index contributed by atoms with van der Waals surface area (Å²) in [6.45, 7) is 4.67. The molecular weight excluding hydrogens is 617 g/mol. The van der Waals surface area contributed by atoms with Crippen molar-refractivity contribution in [2.45, 2.75) is 64.4 Å². The summed E-state index contributed by atoms with van der Waals surface area (Å²) < 4.78 is 47.7. The first kappa shape index (κ1) is 36.7. The van der Waals surface area contributed by atoms with Crippen molar-refractivity contribution in [2.24, 2.45) is 11.7 Å². The molecule has 0 fully saturated rings. The van der Waals surface area contributed by atoms with Crippen LogP contribution in [-0.4, -0.2) is 59.6 Å². The molecule has 3 rings (SSSR count). The van der Waals surface area contributed by atoms with Crippen LogP contribution in [0.25, 0.3) is 11.1 Å². The minimum absolute atomic E-state index is 0.0221. The molecule has 0 aliphatic carbocycles. The first-order chi connectivity index (χ1) is 22.2. The third kappa shape index (κ3) is 11.2. The van der Waals surface area contributed by atoms with E-state index in [9.17, 15) is 37.5 Å². The number of carbonyl (C=O) groups is 4. The molecule has 0 radical (unpaired) electrons. The maximum Gasteiger partial charge on any atom is 0.257 e. The topological polar surface area (TPSA) is 160 Å². The lowest BCUT2D eigenvalue weighted by atomic mass is 10.0. The van der Waals surface area contributed by atoms with Gasteiger partial charge in [-0.1, -0.05) is 68.4 Å². The van der Waals surface area contributed by atoms with Crippen molar-refractivity contribution in [2.75, 3.05) is 6.61 Å². The summed E-state index contributed by atoms with van der Waals surface area (Å²) in [5, 5.41) is 18.1. The Bertz CT molecular complexity index is 1520. The van der Waals surface area contributed by atoms with Crippen LogP contribution < -0.4 is 21.7 Å². The second kappa shape index (κ2) is 17.2. The van der Waals surface area contributed by atoms with E-state index in [1.165, 1.54) is 6.92 Å². The van der Waals surface area contributed by atoms with Crippen molar-refractivity contribution in [3.8, 4) is 11.1 Å². The Morgan fingerprint density at radius 1 is 0.851 bits per heavy atom. The van der Waals surface area contributed by atoms with Gasteiger partial charge in [-0.2, -0.15) is 0 Å². The number of ether oxygens (including phenoxy) is 1. The Balaban J connectivity index is 1.67. The number of nitrogens with two attached hydrogens (primary N) is 1. The van der Waals surface area contributed by atoms with Gasteiger partial charge in [-0.05, 0) is 36.0 Å². The molecular formula is C34H39F3N4O6. The molecule has 3 aromatic carbocycles. The lowest BCUT2D eigenvalue weighted by Gasteiger charge is -2.25. The number of aliphatic hydroxyl groups excluding tert-OH is 1. The van der Waals surface area contributed by atoms with E-state index < -0.39 is 83.9 Å². The van der Waals surface area contributed by atoms with E-state index in [0.29, 0.717) is 12.1 Å². The van der Waals surface area contributed by atoms with Gasteiger partial charge < -0.3 is 31.5 Å². The van der Waals surface area contributed by atoms with Crippen LogP contribution in [0.2, 0.25) is 0 Å². The second-order valence-corrected chi connectivity index (χ2v) is 11.6. The minimum Gasteiger partial charge on any atom is -0.390 e. The summed E-state index contributed by atoms with van der Waals surface area (Å²) in [6, 6.07) is 14.3. The molecule has 0 bridgehead atoms. The van der Waals surface area contributed by atoms with E-state index in [0.717, 1.165) is 16.7 Å². The zero-order chi connectivity index (χ0) is 34.7. The van der Waals surface area contributed by atoms with Crippen LogP contribution in [-0.2, 0) is 25.7 Å². The Kier molecular flexibility index (Phi) is 13.5. The van der Waals surface area contributed by atoms with Crippen LogP contribution in [0.1, 0.15) is 49.5 Å². The van der Waals surface area contributed by atoms with E-state index in [4.69, 9.17) is 10.5 Å². The summed E-state index contributed by atoms with van der Waals surface area (Å²) in [7, 11) is 0. The molecule has 47 heavy (non-hydrogen) atoms. The summed E-state index contributed by atoms with van der Waals surface area (Å²) in [5.74, 6) is -7.64. The van der Waals surface area contributed by atoms with E-state index in [1.807, 2.05) is 68.4 Å². The molecule has 0 spiro atoms. The Labute approximate surface area is 270 Å². The number of halogens is 3. The number of aliphatic hydroxyl groups is 1. The van der Waals surface area contributed by atoms with Crippen LogP contribution >= 0.6 is 0 Å². The average molecular weight is 657 g/mol. The van der Waals surface area contributed by atoms with Crippen molar-refractivity contribution in [3.63, 3.8) is 0 Å². The largest absolute Gasteiger partial charge is 0.390 e. The number of hydrogen-bond donors (Lipinski definition) is 5. The van der Waals surface area contributed by atoms with Crippen LogP contribution in [0.5, 0.6) is 0 Å². The minimum atomic E-state index is -1.65. The fourth-order valence-corrected chi connectivity index (χ4v) is 4.69. The zero-order valence-electron chi connectivity index (χ0n) is 26.3. The van der Waals surface area contributed by atoms with Crippen LogP contribution in [0.15, 0.2) is 66.7 Å². The molecule has 13 heteroatoms. The van der Waals surface area contributed by atoms with Gasteiger partial charge in [-0.15, -0.1) is 0 Å². The van der Waals surface area contributed by atoms with E-state index in [1.54, 1.807) is 0 Å². The Hall–Kier alpha value is -4.75. The summed E-state index contributed by atoms with van der Waals surface area (Å²) in [4.78, 5) is 49.9. The Morgan fingerprint density at radius 3 is 2.02 bits per heavy atom. The van der Waals surface area contributed by atoms with Crippen molar-refractivity contribution in [1.29, 1.82) is 0 Å². The summed E-state index contributed by atoms with van der Waals surface area (Å²) in [5.41, 5.74) is 7.00. The van der Waals surface area contributed by atoms with Gasteiger partial charge in [-0.25, -0.2) is 13.2 Å². The molecule has 0 saturated heterocycles. The third-order valence-corrected chi connectivity index (χ3v) is 7.17. The zero-order valence-corrected chi connectivity index (χ0v) is 26.3. The highest BCUT2D eigenvalue weighted by atomic mass is 19.1. The predicted octanol–water partition coefficient (Wildman–Crippen LogP) is 3.36. The summed E-state index contributed by atoms with van der Waals surface area (Å²) >= 11 is 0. The van der Waals surface area contributed by atoms with Crippen molar-refractivity contribution in [3.05, 3.63) is 95.3 Å². The second-order valence-electron chi connectivity index (χ2n) is 11.6. The standard InChI is InChI=1S/C34H39F3N4O6/c1-19(2)13-27(32(38)44)40-33(45)20(3)39-30(43)16-29(42)28(41-34(46)31-25(36)14-24(35)15-26(31)37)18-47-17-21-9-11-23(12-10-21)22-7-5-4-6-8-22/h4-12,14-15,19-20,27-29,42H,13,16-18H2,1-3H3,(H2,38,44)(H,39,43)(H,40,45)(H,41,46)/t20-,27-,28-,29-/m0/s1. The molecule has 0 aliphatic rings. The third-order valence-electron chi connectivity index (χ3n) is 7.17. The SMILES string of the molecule is CC(C)C[C@H](NC(=O)[C@H](C)NC(=O)C[C@H](O)[C@H](COCc1ccc(-c2ccccc2)cc1)NC(=O)c1c(F)cc(F)cc1F)C(N)=O. The molecule has 252 valence electrons. The highest BCUT2D eigenvalue weighted by molar-refractivity contribution is 5.95. The number of primary amides is 1. The maximum absolute atomic E-state index is 14.3. The number of carbonyl (C=O) groups excluding carboxylic acids is 4. The quantitative estimate of drug-likeness (QED) is 0.159. The van der Waals surface area contributed by atoms with Gasteiger partial charge in [0.05, 0.1) is 31.8 Å². The average Bonchev–Trinajstić information content (AvgIpc) is 3.00. The monoisotopic (exact) mass is 656 g/mol. The van der Waals surface area contributed by atoms with Gasteiger partial charge in [-0.3, -0.25) is 19.2 Å². The summed E-state index contributed by atoms with van der Waals surface area (Å²) in [6.07, 6.45) is -2.02. The number of benzene rings is 3. The van der Waals surface area contributed by atoms with E-state index in [-0.39, 0.29) is 18.9 Å². The number of nitrogens with one attached hydrogen (secondary N) is 3. The Morgan fingerprint density at radius 2 is 1.45 bits per heavy atom. The number of hydrogen-bond acceptors (Lipinski definition) is 6. The van der Waals surface area contributed by atoms with Gasteiger partial charge in [0.25, 0.3) is 5.91 Å². The highest BCUT2D eigenvalue weighted by Gasteiger charge is 2.29. The van der Waals surface area contributed by atoms with E-state index >= 15 is 0 Å². The molecule has 0 unspecified atom stereocenters. The fourth-order valence-electron chi connectivity index (χ4n) is 4.69. The lowest BCUT2D eigenvalue weighted by molar-refractivity contribution is -0.132. The van der Waals surface area contributed by atoms with Gasteiger partial charge >= 0.3 is 0 Å². The fraction of sp³-hybridized carbons (Fsp3) is 0.353. The van der Waals surface area contributed by atoms with Crippen molar-refractivity contribution < 1.29 is 42.2 Å². The molecule has 0 heterocycles. The molecule has 3 aromatic rings. The first-order valence-corrected chi connectivity index (χ1v) is 15.0. The van der Waals surface area contributed by atoms with Crippen LogP contribution in [0.4, 0.5) is 13.2 Å². The van der Waals surface area contributed by atoms with Crippen molar-refractivity contribution >= 4 is 23.6 Å². The van der Waals surface area contributed by atoms with Crippen LogP contribution in [0, 0.1) is 23.4 Å². The van der Waals surface area contributed by atoms with Gasteiger partial charge in [0.15, 0.2) is 0 Å². The van der Waals surface area contributed by atoms with Crippen molar-refractivity contribution in [1.82, 2.24) is 16.0 Å². The highest BCUT2D eigenvalue weighted by Crippen LogP contribution is 2.20. The smallest absolute Gasteiger partial charge is 0.257 e. The number of amides is 4. The first-order valence-electron chi connectivity index (χ1n) is 15.0. The normalized spacial score (nSPS) is 13.7. The molecule has 10 nitrogen and oxygen atoms in total. The molecule has 0 aliphatic heterocycles. The molecule has 0 saturated carbocycles. The van der Waals surface area contributed by atoms with Gasteiger partial charge in [0, 0.05) is 12.1 Å². The number of rotatable bonds is 16. The molecule has 4 atom stereocenters. The predicted molar refractivity (Wildman–Crippen MR) is 168 cm³/mol. The van der Waals surface area contributed by atoms with E-state index in [2.05, 4.69) is 16.0 Å². The lowest BCUT2D eigenvalue weighted by Crippen LogP contribution is -2.53. The molecule has 4 amide bonds. The molecule has 0 aromatic heterocycles.